The molecule has 0 saturated heterocycles. The van der Waals surface area contributed by atoms with Crippen molar-refractivity contribution in [2.45, 2.75) is 0 Å². The summed E-state index contributed by atoms with van der Waals surface area (Å²) in [6.07, 6.45) is 1.71. The lowest BCUT2D eigenvalue weighted by Gasteiger charge is -2.05. The van der Waals surface area contributed by atoms with Gasteiger partial charge in [-0.3, -0.25) is 15.1 Å². The molecular weight excluding hydrogens is 362 g/mol. The van der Waals surface area contributed by atoms with E-state index in [9.17, 15) is 4.79 Å². The SMILES string of the molecule is O=C(Nc1nc(-c2ccc3c(c2)OCO3)cs1)c1cccc2ncccc12. The Balaban J connectivity index is 1.41. The Morgan fingerprint density at radius 1 is 1.07 bits per heavy atom. The molecule has 1 amide bonds. The van der Waals surface area contributed by atoms with E-state index in [-0.39, 0.29) is 12.7 Å². The first-order valence-corrected chi connectivity index (χ1v) is 9.16. The van der Waals surface area contributed by atoms with Gasteiger partial charge < -0.3 is 9.47 Å². The fraction of sp³-hybridized carbons (Fsp3) is 0.0500. The molecule has 1 N–H and O–H groups in total. The molecule has 0 radical (unpaired) electrons. The number of nitrogens with zero attached hydrogens (tertiary/aromatic N) is 2. The monoisotopic (exact) mass is 375 g/mol. The third kappa shape index (κ3) is 2.88. The van der Waals surface area contributed by atoms with Crippen LogP contribution in [0.25, 0.3) is 22.2 Å². The van der Waals surface area contributed by atoms with Gasteiger partial charge in [0.2, 0.25) is 6.79 Å². The average Bonchev–Trinajstić information content (AvgIpc) is 3.36. The normalized spacial score (nSPS) is 12.3. The highest BCUT2D eigenvalue weighted by Gasteiger charge is 2.16. The molecule has 1 aliphatic rings. The molecule has 0 saturated carbocycles. The third-order valence-electron chi connectivity index (χ3n) is 4.28. The van der Waals surface area contributed by atoms with E-state index >= 15 is 0 Å². The van der Waals surface area contributed by atoms with Crippen LogP contribution in [0.4, 0.5) is 5.13 Å². The number of amides is 1. The van der Waals surface area contributed by atoms with Crippen molar-refractivity contribution in [1.82, 2.24) is 9.97 Å². The first-order chi connectivity index (χ1) is 13.3. The third-order valence-corrected chi connectivity index (χ3v) is 5.04. The van der Waals surface area contributed by atoms with Crippen LogP contribution in [0.1, 0.15) is 10.4 Å². The molecule has 0 bridgehead atoms. The van der Waals surface area contributed by atoms with Crippen molar-refractivity contribution >= 4 is 33.3 Å². The summed E-state index contributed by atoms with van der Waals surface area (Å²) in [5, 5.41) is 6.12. The highest BCUT2D eigenvalue weighted by Crippen LogP contribution is 2.36. The molecule has 132 valence electrons. The number of carbonyl (C=O) groups excluding carboxylic acids is 1. The zero-order valence-electron chi connectivity index (χ0n) is 14.0. The van der Waals surface area contributed by atoms with E-state index in [4.69, 9.17) is 9.47 Å². The van der Waals surface area contributed by atoms with Crippen LogP contribution in [0, 0.1) is 0 Å². The number of carbonyl (C=O) groups is 1. The number of thiazole rings is 1. The summed E-state index contributed by atoms with van der Waals surface area (Å²) in [5.74, 6) is 1.22. The predicted octanol–water partition coefficient (Wildman–Crippen LogP) is 4.34. The molecule has 4 aromatic rings. The molecule has 0 fully saturated rings. The molecule has 5 rings (SSSR count). The number of aromatic nitrogens is 2. The molecular formula is C20H13N3O3S. The number of benzene rings is 2. The summed E-state index contributed by atoms with van der Waals surface area (Å²) in [7, 11) is 0. The minimum atomic E-state index is -0.208. The number of nitrogens with one attached hydrogen (secondary N) is 1. The molecule has 1 aliphatic heterocycles. The van der Waals surface area contributed by atoms with E-state index < -0.39 is 0 Å². The summed E-state index contributed by atoms with van der Waals surface area (Å²) in [4.78, 5) is 21.5. The van der Waals surface area contributed by atoms with E-state index in [0.717, 1.165) is 27.9 Å². The van der Waals surface area contributed by atoms with E-state index in [2.05, 4.69) is 15.3 Å². The van der Waals surface area contributed by atoms with Gasteiger partial charge in [-0.25, -0.2) is 4.98 Å². The molecule has 0 aliphatic carbocycles. The summed E-state index contributed by atoms with van der Waals surface area (Å²) in [5.41, 5.74) is 3.03. The largest absolute Gasteiger partial charge is 0.454 e. The molecule has 0 atom stereocenters. The standard InChI is InChI=1S/C20H13N3O3S/c24-19(14-3-1-5-15-13(14)4-2-8-21-15)23-20-22-16(10-27-20)12-6-7-17-18(9-12)26-11-25-17/h1-10H,11H2,(H,22,23,24). The van der Waals surface area contributed by atoms with Crippen molar-refractivity contribution in [2.24, 2.45) is 0 Å². The maximum Gasteiger partial charge on any atom is 0.258 e. The van der Waals surface area contributed by atoms with Gasteiger partial charge in [0.25, 0.3) is 5.91 Å². The minimum Gasteiger partial charge on any atom is -0.454 e. The predicted molar refractivity (Wildman–Crippen MR) is 103 cm³/mol. The van der Waals surface area contributed by atoms with Crippen LogP contribution < -0.4 is 14.8 Å². The molecule has 27 heavy (non-hydrogen) atoms. The van der Waals surface area contributed by atoms with Crippen molar-refractivity contribution in [2.75, 3.05) is 12.1 Å². The van der Waals surface area contributed by atoms with Crippen LogP contribution in [0.3, 0.4) is 0 Å². The van der Waals surface area contributed by atoms with Crippen molar-refractivity contribution in [1.29, 1.82) is 0 Å². The summed E-state index contributed by atoms with van der Waals surface area (Å²) >= 11 is 1.38. The highest BCUT2D eigenvalue weighted by atomic mass is 32.1. The Hall–Kier alpha value is -3.45. The first kappa shape index (κ1) is 15.8. The van der Waals surface area contributed by atoms with Gasteiger partial charge in [0.05, 0.1) is 11.2 Å². The van der Waals surface area contributed by atoms with Crippen LogP contribution in [0.5, 0.6) is 11.5 Å². The Labute approximate surface area is 158 Å². The van der Waals surface area contributed by atoms with E-state index in [1.165, 1.54) is 11.3 Å². The number of rotatable bonds is 3. The molecule has 0 unspecified atom stereocenters. The number of hydrogen-bond donors (Lipinski definition) is 1. The highest BCUT2D eigenvalue weighted by molar-refractivity contribution is 7.14. The van der Waals surface area contributed by atoms with Crippen molar-refractivity contribution in [3.63, 3.8) is 0 Å². The Morgan fingerprint density at radius 3 is 2.96 bits per heavy atom. The number of anilines is 1. The fourth-order valence-electron chi connectivity index (χ4n) is 2.99. The lowest BCUT2D eigenvalue weighted by atomic mass is 10.1. The fourth-order valence-corrected chi connectivity index (χ4v) is 3.70. The zero-order chi connectivity index (χ0) is 18.2. The smallest absolute Gasteiger partial charge is 0.258 e. The maximum atomic E-state index is 12.7. The van der Waals surface area contributed by atoms with Crippen molar-refractivity contribution in [3.8, 4) is 22.8 Å². The maximum absolute atomic E-state index is 12.7. The molecule has 6 nitrogen and oxygen atoms in total. The Morgan fingerprint density at radius 2 is 2.00 bits per heavy atom. The number of ether oxygens (including phenoxy) is 2. The zero-order valence-corrected chi connectivity index (χ0v) is 14.8. The van der Waals surface area contributed by atoms with E-state index in [1.54, 1.807) is 12.3 Å². The molecule has 2 aromatic heterocycles. The topological polar surface area (TPSA) is 73.3 Å². The van der Waals surface area contributed by atoms with Crippen LogP contribution in [0.15, 0.2) is 60.1 Å². The van der Waals surface area contributed by atoms with Crippen LogP contribution >= 0.6 is 11.3 Å². The second-order valence-electron chi connectivity index (χ2n) is 5.94. The van der Waals surface area contributed by atoms with E-state index in [1.807, 2.05) is 47.8 Å². The second-order valence-corrected chi connectivity index (χ2v) is 6.79. The van der Waals surface area contributed by atoms with Crippen LogP contribution in [0.2, 0.25) is 0 Å². The van der Waals surface area contributed by atoms with Gasteiger partial charge in [-0.1, -0.05) is 12.1 Å². The molecule has 0 spiro atoms. The van der Waals surface area contributed by atoms with Gasteiger partial charge in [0, 0.05) is 28.1 Å². The second kappa shape index (κ2) is 6.37. The summed E-state index contributed by atoms with van der Waals surface area (Å²) < 4.78 is 10.7. The number of pyridine rings is 1. The lowest BCUT2D eigenvalue weighted by molar-refractivity contribution is 0.102. The Kier molecular flexibility index (Phi) is 3.72. The van der Waals surface area contributed by atoms with Crippen LogP contribution in [-0.2, 0) is 0 Å². The van der Waals surface area contributed by atoms with Gasteiger partial charge in [0.1, 0.15) is 0 Å². The lowest BCUT2D eigenvalue weighted by Crippen LogP contribution is -2.12. The number of hydrogen-bond acceptors (Lipinski definition) is 6. The molecule has 2 aromatic carbocycles. The van der Waals surface area contributed by atoms with Gasteiger partial charge in [-0.05, 0) is 36.4 Å². The van der Waals surface area contributed by atoms with E-state index in [0.29, 0.717) is 16.4 Å². The molecule has 3 heterocycles. The van der Waals surface area contributed by atoms with Crippen molar-refractivity contribution in [3.05, 3.63) is 65.7 Å². The van der Waals surface area contributed by atoms with Gasteiger partial charge in [-0.2, -0.15) is 0 Å². The first-order valence-electron chi connectivity index (χ1n) is 8.28. The van der Waals surface area contributed by atoms with Crippen LogP contribution in [-0.4, -0.2) is 22.7 Å². The Bertz CT molecular complexity index is 1170. The minimum absolute atomic E-state index is 0.208. The van der Waals surface area contributed by atoms with Crippen molar-refractivity contribution < 1.29 is 14.3 Å². The molecule has 7 heteroatoms. The van der Waals surface area contributed by atoms with Gasteiger partial charge in [-0.15, -0.1) is 11.3 Å². The van der Waals surface area contributed by atoms with Gasteiger partial charge in [0.15, 0.2) is 16.6 Å². The summed E-state index contributed by atoms with van der Waals surface area (Å²) in [6.45, 7) is 0.233. The summed E-state index contributed by atoms with van der Waals surface area (Å²) in [6, 6.07) is 14.9. The average molecular weight is 375 g/mol. The van der Waals surface area contributed by atoms with Gasteiger partial charge >= 0.3 is 0 Å². The quantitative estimate of drug-likeness (QED) is 0.577. The number of fused-ring (bicyclic) bond motifs is 2.